The van der Waals surface area contributed by atoms with Gasteiger partial charge in [-0.1, -0.05) is 57.9 Å². The zero-order valence-corrected chi connectivity index (χ0v) is 15.1. The third-order valence-electron chi connectivity index (χ3n) is 8.09. The maximum absolute atomic E-state index is 2.65. The first-order chi connectivity index (χ1) is 10.3. The number of fused-ring (bicyclic) bond motifs is 5. The van der Waals surface area contributed by atoms with Crippen LogP contribution in [0.4, 0.5) is 0 Å². The van der Waals surface area contributed by atoms with E-state index in [1.54, 1.807) is 11.1 Å². The number of hydrogen-bond acceptors (Lipinski definition) is 0. The fraction of sp³-hybridized carbons (Fsp3) is 0.727. The standard InChI is InChI=1S/C22H32/c1-15-7-8-17-16(13-15)14-19-21(17,4)12-9-18-20(2,3)10-6-11-22(18,19)5/h7-8,13,18-19H,6,9-12,14H2,1-5H3/t18-,19-,21+,22-/m0/s1. The van der Waals surface area contributed by atoms with Gasteiger partial charge in [0.25, 0.3) is 0 Å². The molecular formula is C22H32. The maximum Gasteiger partial charge on any atom is -0.00357 e. The van der Waals surface area contributed by atoms with Crippen LogP contribution in [-0.2, 0) is 11.8 Å². The van der Waals surface area contributed by atoms with Crippen LogP contribution in [0.1, 0.15) is 76.5 Å². The van der Waals surface area contributed by atoms with Gasteiger partial charge in [-0.05, 0) is 78.2 Å². The van der Waals surface area contributed by atoms with Crippen LogP contribution in [0.5, 0.6) is 0 Å². The molecule has 0 heteroatoms. The zero-order valence-electron chi connectivity index (χ0n) is 15.1. The highest BCUT2D eigenvalue weighted by molar-refractivity contribution is 5.44. The first kappa shape index (κ1) is 14.8. The van der Waals surface area contributed by atoms with Gasteiger partial charge in [-0.2, -0.15) is 0 Å². The number of rotatable bonds is 0. The molecule has 2 saturated carbocycles. The summed E-state index contributed by atoms with van der Waals surface area (Å²) in [6, 6.07) is 7.28. The minimum Gasteiger partial charge on any atom is -0.0596 e. The average Bonchev–Trinajstić information content (AvgIpc) is 2.71. The second kappa shape index (κ2) is 4.40. The Hall–Kier alpha value is -0.780. The van der Waals surface area contributed by atoms with Gasteiger partial charge in [-0.25, -0.2) is 0 Å². The van der Waals surface area contributed by atoms with Gasteiger partial charge in [0.1, 0.15) is 0 Å². The molecule has 0 unspecified atom stereocenters. The topological polar surface area (TPSA) is 0 Å². The van der Waals surface area contributed by atoms with Gasteiger partial charge in [-0.15, -0.1) is 0 Å². The van der Waals surface area contributed by atoms with Crippen LogP contribution < -0.4 is 0 Å². The molecular weight excluding hydrogens is 264 g/mol. The highest BCUT2D eigenvalue weighted by atomic mass is 14.6. The van der Waals surface area contributed by atoms with E-state index in [2.05, 4.69) is 52.8 Å². The van der Waals surface area contributed by atoms with Crippen molar-refractivity contribution in [1.82, 2.24) is 0 Å². The van der Waals surface area contributed by atoms with Crippen molar-refractivity contribution >= 4 is 0 Å². The fourth-order valence-corrected chi connectivity index (χ4v) is 7.10. The van der Waals surface area contributed by atoms with Crippen molar-refractivity contribution in [2.45, 2.75) is 78.6 Å². The lowest BCUT2D eigenvalue weighted by Gasteiger charge is -2.61. The summed E-state index contributed by atoms with van der Waals surface area (Å²) in [6.45, 7) is 12.6. The van der Waals surface area contributed by atoms with Crippen molar-refractivity contribution in [3.63, 3.8) is 0 Å². The summed E-state index contributed by atoms with van der Waals surface area (Å²) in [6.07, 6.45) is 8.48. The van der Waals surface area contributed by atoms with Crippen LogP contribution in [0.2, 0.25) is 0 Å². The highest BCUT2D eigenvalue weighted by Gasteiger charge is 2.60. The quantitative estimate of drug-likeness (QED) is 0.546. The number of aryl methyl sites for hydroxylation is 1. The molecule has 0 aliphatic heterocycles. The molecule has 0 aromatic heterocycles. The van der Waals surface area contributed by atoms with Crippen molar-refractivity contribution in [3.05, 3.63) is 34.9 Å². The predicted octanol–water partition coefficient (Wildman–Crippen LogP) is 6.05. The van der Waals surface area contributed by atoms with Crippen LogP contribution in [0.25, 0.3) is 0 Å². The lowest BCUT2D eigenvalue weighted by molar-refractivity contribution is -0.0982. The normalized spacial score (nSPS) is 42.4. The molecule has 0 radical (unpaired) electrons. The number of benzene rings is 1. The summed E-state index contributed by atoms with van der Waals surface area (Å²) >= 11 is 0. The maximum atomic E-state index is 2.65. The Balaban J connectivity index is 1.81. The van der Waals surface area contributed by atoms with E-state index in [1.807, 2.05) is 0 Å². The van der Waals surface area contributed by atoms with Gasteiger partial charge in [0.15, 0.2) is 0 Å². The molecule has 0 N–H and O–H groups in total. The summed E-state index contributed by atoms with van der Waals surface area (Å²) in [7, 11) is 0. The highest BCUT2D eigenvalue weighted by Crippen LogP contribution is 2.67. The van der Waals surface area contributed by atoms with Crippen LogP contribution in [0, 0.1) is 29.6 Å². The Kier molecular flexibility index (Phi) is 2.96. The van der Waals surface area contributed by atoms with Gasteiger partial charge < -0.3 is 0 Å². The molecule has 4 atom stereocenters. The van der Waals surface area contributed by atoms with Crippen molar-refractivity contribution in [2.75, 3.05) is 0 Å². The molecule has 4 rings (SSSR count). The van der Waals surface area contributed by atoms with Gasteiger partial charge in [0.05, 0.1) is 0 Å². The Morgan fingerprint density at radius 1 is 0.955 bits per heavy atom. The van der Waals surface area contributed by atoms with E-state index in [0.29, 0.717) is 16.2 Å². The smallest absolute Gasteiger partial charge is 0.00357 e. The molecule has 0 nitrogen and oxygen atoms in total. The molecule has 3 aliphatic carbocycles. The van der Waals surface area contributed by atoms with E-state index in [-0.39, 0.29) is 0 Å². The first-order valence-corrected chi connectivity index (χ1v) is 9.37. The van der Waals surface area contributed by atoms with Crippen molar-refractivity contribution < 1.29 is 0 Å². The van der Waals surface area contributed by atoms with Crippen molar-refractivity contribution in [3.8, 4) is 0 Å². The predicted molar refractivity (Wildman–Crippen MR) is 94.2 cm³/mol. The Morgan fingerprint density at radius 2 is 1.73 bits per heavy atom. The minimum absolute atomic E-state index is 0.432. The summed E-state index contributed by atoms with van der Waals surface area (Å²) in [5, 5.41) is 0. The van der Waals surface area contributed by atoms with Crippen LogP contribution in [0.3, 0.4) is 0 Å². The fourth-order valence-electron chi connectivity index (χ4n) is 7.10. The first-order valence-electron chi connectivity index (χ1n) is 9.37. The lowest BCUT2D eigenvalue weighted by Crippen LogP contribution is -2.55. The second-order valence-corrected chi connectivity index (χ2v) is 9.77. The van der Waals surface area contributed by atoms with E-state index >= 15 is 0 Å². The van der Waals surface area contributed by atoms with Gasteiger partial charge in [-0.3, -0.25) is 0 Å². The number of hydrogen-bond donors (Lipinski definition) is 0. The SMILES string of the molecule is Cc1ccc2c(c1)C[C@@H]1[C@@]3(C)CCCC(C)(C)[C@@H]3CC[C@]21C. The Morgan fingerprint density at radius 3 is 2.50 bits per heavy atom. The molecule has 22 heavy (non-hydrogen) atoms. The molecule has 0 saturated heterocycles. The van der Waals surface area contributed by atoms with Crippen LogP contribution in [0.15, 0.2) is 18.2 Å². The van der Waals surface area contributed by atoms with E-state index in [1.165, 1.54) is 44.1 Å². The summed E-state index contributed by atoms with van der Waals surface area (Å²) in [5.74, 6) is 1.78. The molecule has 0 amide bonds. The molecule has 1 aromatic carbocycles. The van der Waals surface area contributed by atoms with E-state index in [0.717, 1.165) is 11.8 Å². The monoisotopic (exact) mass is 296 g/mol. The second-order valence-electron chi connectivity index (χ2n) is 9.77. The summed E-state index contributed by atoms with van der Waals surface area (Å²) in [4.78, 5) is 0. The molecule has 0 bridgehead atoms. The molecule has 0 spiro atoms. The van der Waals surface area contributed by atoms with Gasteiger partial charge in [0, 0.05) is 0 Å². The Bertz CT molecular complexity index is 610. The van der Waals surface area contributed by atoms with Gasteiger partial charge >= 0.3 is 0 Å². The minimum atomic E-state index is 0.432. The van der Waals surface area contributed by atoms with E-state index in [4.69, 9.17) is 0 Å². The molecule has 1 aromatic rings. The molecule has 120 valence electrons. The largest absolute Gasteiger partial charge is 0.0596 e. The lowest BCUT2D eigenvalue weighted by atomic mass is 9.43. The Labute approximate surface area is 136 Å². The van der Waals surface area contributed by atoms with E-state index in [9.17, 15) is 0 Å². The molecule has 0 heterocycles. The molecule has 2 fully saturated rings. The van der Waals surface area contributed by atoms with Crippen molar-refractivity contribution in [2.24, 2.45) is 22.7 Å². The zero-order chi connectivity index (χ0) is 15.8. The van der Waals surface area contributed by atoms with Crippen molar-refractivity contribution in [1.29, 1.82) is 0 Å². The third kappa shape index (κ3) is 1.76. The average molecular weight is 296 g/mol. The van der Waals surface area contributed by atoms with Gasteiger partial charge in [0.2, 0.25) is 0 Å². The van der Waals surface area contributed by atoms with E-state index < -0.39 is 0 Å². The third-order valence-corrected chi connectivity index (χ3v) is 8.09. The van der Waals surface area contributed by atoms with Crippen LogP contribution >= 0.6 is 0 Å². The summed E-state index contributed by atoms with van der Waals surface area (Å²) < 4.78 is 0. The molecule has 3 aliphatic rings. The van der Waals surface area contributed by atoms with Crippen LogP contribution in [-0.4, -0.2) is 0 Å². The summed E-state index contributed by atoms with van der Waals surface area (Å²) in [5.41, 5.74) is 6.30.